The molecule has 0 aliphatic heterocycles. The number of ether oxygens (including phenoxy) is 2. The largest absolute Gasteiger partial charge is 0.493 e. The van der Waals surface area contributed by atoms with Gasteiger partial charge in [-0.05, 0) is 17.5 Å². The molecule has 0 amide bonds. The topological polar surface area (TPSA) is 64.7 Å². The van der Waals surface area contributed by atoms with Gasteiger partial charge in [-0.25, -0.2) is 0 Å². The first-order valence-electron chi connectivity index (χ1n) is 6.31. The predicted molar refractivity (Wildman–Crippen MR) is 84.2 cm³/mol. The molecule has 0 aliphatic carbocycles. The van der Waals surface area contributed by atoms with Crippen LogP contribution in [0.1, 0.15) is 31.9 Å². The fourth-order valence-electron chi connectivity index (χ4n) is 1.94. The summed E-state index contributed by atoms with van der Waals surface area (Å²) in [6.07, 6.45) is 0.195. The van der Waals surface area contributed by atoms with E-state index in [4.69, 9.17) is 26.8 Å². The van der Waals surface area contributed by atoms with E-state index in [-0.39, 0.29) is 18.3 Å². The summed E-state index contributed by atoms with van der Waals surface area (Å²) >= 11 is 6.28. The van der Waals surface area contributed by atoms with Gasteiger partial charge in [-0.2, -0.15) is 0 Å². The lowest BCUT2D eigenvalue weighted by Gasteiger charge is -2.25. The van der Waals surface area contributed by atoms with Crippen LogP contribution in [0.2, 0.25) is 5.02 Å². The molecular weight excluding hydrogens is 301 g/mol. The van der Waals surface area contributed by atoms with E-state index in [0.717, 1.165) is 6.42 Å². The van der Waals surface area contributed by atoms with Crippen molar-refractivity contribution >= 4 is 24.0 Å². The Balaban J connectivity index is 0.00000361. The lowest BCUT2D eigenvalue weighted by Crippen LogP contribution is -2.31. The van der Waals surface area contributed by atoms with Gasteiger partial charge in [-0.3, -0.25) is 0 Å². The Labute approximate surface area is 131 Å². The van der Waals surface area contributed by atoms with Crippen LogP contribution in [0.3, 0.4) is 0 Å². The van der Waals surface area contributed by atoms with Gasteiger partial charge in [0.2, 0.25) is 0 Å². The molecule has 0 bridgehead atoms. The first kappa shape index (κ1) is 19.3. The minimum absolute atomic E-state index is 0. The normalized spacial score (nSPS) is 14.9. The average Bonchev–Trinajstić information content (AvgIpc) is 2.44. The van der Waals surface area contributed by atoms with Crippen LogP contribution in [0.25, 0.3) is 0 Å². The van der Waals surface area contributed by atoms with Gasteiger partial charge in [0, 0.05) is 0 Å². The van der Waals surface area contributed by atoms with Crippen molar-refractivity contribution in [1.82, 2.24) is 0 Å². The van der Waals surface area contributed by atoms with Crippen molar-refractivity contribution in [2.75, 3.05) is 14.2 Å². The van der Waals surface area contributed by atoms with Crippen molar-refractivity contribution in [3.05, 3.63) is 22.7 Å². The molecule has 6 heteroatoms. The lowest BCUT2D eigenvalue weighted by atomic mass is 9.91. The highest BCUT2D eigenvalue weighted by Gasteiger charge is 2.26. The van der Waals surface area contributed by atoms with Crippen LogP contribution in [0.4, 0.5) is 0 Å². The van der Waals surface area contributed by atoms with Gasteiger partial charge < -0.3 is 20.3 Å². The molecule has 0 radical (unpaired) electrons. The average molecular weight is 324 g/mol. The van der Waals surface area contributed by atoms with E-state index < -0.39 is 12.1 Å². The molecule has 1 aromatic carbocycles. The number of benzene rings is 1. The Morgan fingerprint density at radius 2 is 1.90 bits per heavy atom. The third-order valence-corrected chi connectivity index (χ3v) is 3.86. The standard InChI is InChI=1S/C14H22ClNO3.ClH/c1-5-8(2)13(17)12(16)9-6-7-10(18-3)14(19-4)11(9)15;/h6-8,12-13,17H,5,16H2,1-4H3;1H/t8?,12-,13+;/m0./s1. The third kappa shape index (κ3) is 3.92. The van der Waals surface area contributed by atoms with E-state index in [2.05, 4.69) is 0 Å². The minimum Gasteiger partial charge on any atom is -0.493 e. The minimum atomic E-state index is -0.652. The smallest absolute Gasteiger partial charge is 0.179 e. The number of nitrogens with two attached hydrogens (primary N) is 1. The molecule has 116 valence electrons. The van der Waals surface area contributed by atoms with E-state index >= 15 is 0 Å². The van der Waals surface area contributed by atoms with Gasteiger partial charge >= 0.3 is 0 Å². The molecule has 3 atom stereocenters. The summed E-state index contributed by atoms with van der Waals surface area (Å²) in [5.41, 5.74) is 6.76. The van der Waals surface area contributed by atoms with Crippen LogP contribution < -0.4 is 15.2 Å². The Hall–Kier alpha value is -0.680. The second kappa shape index (κ2) is 8.57. The van der Waals surface area contributed by atoms with Gasteiger partial charge in [0.15, 0.2) is 11.5 Å². The monoisotopic (exact) mass is 323 g/mol. The molecule has 0 aliphatic rings. The number of halogens is 2. The van der Waals surface area contributed by atoms with Crippen LogP contribution in [-0.2, 0) is 0 Å². The molecule has 0 spiro atoms. The van der Waals surface area contributed by atoms with Crippen LogP contribution in [-0.4, -0.2) is 25.4 Å². The van der Waals surface area contributed by atoms with E-state index in [0.29, 0.717) is 22.1 Å². The van der Waals surface area contributed by atoms with Crippen LogP contribution in [0.15, 0.2) is 12.1 Å². The molecule has 0 saturated carbocycles. The zero-order valence-corrected chi connectivity index (χ0v) is 13.8. The molecule has 1 rings (SSSR count). The molecule has 3 N–H and O–H groups in total. The molecule has 0 fully saturated rings. The summed E-state index contributed by atoms with van der Waals surface area (Å²) in [5, 5.41) is 10.6. The Bertz CT molecular complexity index is 429. The molecule has 0 aromatic heterocycles. The molecule has 1 aromatic rings. The van der Waals surface area contributed by atoms with Crippen molar-refractivity contribution in [3.63, 3.8) is 0 Å². The first-order chi connectivity index (χ1) is 8.97. The highest BCUT2D eigenvalue weighted by Crippen LogP contribution is 2.40. The second-order valence-electron chi connectivity index (χ2n) is 4.61. The third-order valence-electron chi connectivity index (χ3n) is 3.47. The van der Waals surface area contributed by atoms with Gasteiger partial charge in [-0.1, -0.05) is 37.9 Å². The van der Waals surface area contributed by atoms with Crippen molar-refractivity contribution in [1.29, 1.82) is 0 Å². The fourth-order valence-corrected chi connectivity index (χ4v) is 2.30. The number of aliphatic hydroxyl groups excluding tert-OH is 1. The highest BCUT2D eigenvalue weighted by molar-refractivity contribution is 6.33. The van der Waals surface area contributed by atoms with E-state index in [1.807, 2.05) is 13.8 Å². The Morgan fingerprint density at radius 3 is 2.35 bits per heavy atom. The summed E-state index contributed by atoms with van der Waals surface area (Å²) in [4.78, 5) is 0. The molecule has 0 saturated heterocycles. The summed E-state index contributed by atoms with van der Waals surface area (Å²) in [6, 6.07) is 2.95. The number of methoxy groups -OCH3 is 2. The summed E-state index contributed by atoms with van der Waals surface area (Å²) in [7, 11) is 3.06. The quantitative estimate of drug-likeness (QED) is 0.843. The van der Waals surface area contributed by atoms with Gasteiger partial charge in [-0.15, -0.1) is 12.4 Å². The Morgan fingerprint density at radius 1 is 1.30 bits per heavy atom. The van der Waals surface area contributed by atoms with Crippen molar-refractivity contribution < 1.29 is 14.6 Å². The van der Waals surface area contributed by atoms with E-state index in [1.54, 1.807) is 19.2 Å². The molecule has 0 heterocycles. The molecule has 20 heavy (non-hydrogen) atoms. The van der Waals surface area contributed by atoms with Crippen LogP contribution in [0, 0.1) is 5.92 Å². The lowest BCUT2D eigenvalue weighted by molar-refractivity contribution is 0.0879. The maximum absolute atomic E-state index is 10.2. The van der Waals surface area contributed by atoms with Gasteiger partial charge in [0.05, 0.1) is 31.4 Å². The highest BCUT2D eigenvalue weighted by atomic mass is 35.5. The maximum Gasteiger partial charge on any atom is 0.179 e. The zero-order chi connectivity index (χ0) is 14.6. The van der Waals surface area contributed by atoms with Crippen LogP contribution >= 0.6 is 24.0 Å². The molecule has 1 unspecified atom stereocenters. The van der Waals surface area contributed by atoms with E-state index in [9.17, 15) is 5.11 Å². The summed E-state index contributed by atoms with van der Waals surface area (Å²) < 4.78 is 10.4. The number of rotatable bonds is 6. The first-order valence-corrected chi connectivity index (χ1v) is 6.69. The zero-order valence-electron chi connectivity index (χ0n) is 12.2. The summed E-state index contributed by atoms with van der Waals surface area (Å²) in [5.74, 6) is 1.08. The summed E-state index contributed by atoms with van der Waals surface area (Å²) in [6.45, 7) is 3.97. The van der Waals surface area contributed by atoms with Crippen LogP contribution in [0.5, 0.6) is 11.5 Å². The van der Waals surface area contributed by atoms with Crippen molar-refractivity contribution in [2.45, 2.75) is 32.4 Å². The second-order valence-corrected chi connectivity index (χ2v) is 4.98. The van der Waals surface area contributed by atoms with Gasteiger partial charge in [0.25, 0.3) is 0 Å². The predicted octanol–water partition coefficient (Wildman–Crippen LogP) is 3.19. The van der Waals surface area contributed by atoms with Gasteiger partial charge in [0.1, 0.15) is 0 Å². The van der Waals surface area contributed by atoms with E-state index in [1.165, 1.54) is 7.11 Å². The maximum atomic E-state index is 10.2. The SMILES string of the molecule is CCC(C)[C@@H](O)[C@@H](N)c1ccc(OC)c(OC)c1Cl.Cl. The van der Waals surface area contributed by atoms with Crippen molar-refractivity contribution in [3.8, 4) is 11.5 Å². The van der Waals surface area contributed by atoms with Crippen molar-refractivity contribution in [2.24, 2.45) is 11.7 Å². The number of hydrogen-bond donors (Lipinski definition) is 2. The number of hydrogen-bond acceptors (Lipinski definition) is 4. The fraction of sp³-hybridized carbons (Fsp3) is 0.571. The molecule has 4 nitrogen and oxygen atoms in total. The molecular formula is C14H23Cl2NO3. The Kier molecular flexibility index (Phi) is 8.28. The number of aliphatic hydroxyl groups is 1.